The largest absolute Gasteiger partial charge is 0.318 e. The van der Waals surface area contributed by atoms with Crippen molar-refractivity contribution in [3.05, 3.63) is 29.8 Å². The van der Waals surface area contributed by atoms with Crippen LogP contribution in [0.25, 0.3) is 0 Å². The first-order valence-corrected chi connectivity index (χ1v) is 6.79. The Morgan fingerprint density at radius 2 is 2.05 bits per heavy atom. The predicted octanol–water partition coefficient (Wildman–Crippen LogP) is 1.25. The zero-order valence-corrected chi connectivity index (χ0v) is 12.2. The van der Waals surface area contributed by atoms with E-state index in [4.69, 9.17) is 0 Å². The molecule has 2 unspecified atom stereocenters. The first-order chi connectivity index (χ1) is 9.06. The lowest BCUT2D eigenvalue weighted by Crippen LogP contribution is -2.62. The summed E-state index contributed by atoms with van der Waals surface area (Å²) < 4.78 is 0. The van der Waals surface area contributed by atoms with E-state index in [1.165, 1.54) is 0 Å². The lowest BCUT2D eigenvalue weighted by molar-refractivity contribution is -0.126. The molecule has 1 fully saturated rings. The summed E-state index contributed by atoms with van der Waals surface area (Å²) in [6.07, 6.45) is 0. The number of anilines is 1. The van der Waals surface area contributed by atoms with Gasteiger partial charge in [0, 0.05) is 24.8 Å². The molecule has 1 N–H and O–H groups in total. The van der Waals surface area contributed by atoms with Gasteiger partial charge in [-0.05, 0) is 39.6 Å². The highest BCUT2D eigenvalue weighted by molar-refractivity contribution is 5.98. The first kappa shape index (κ1) is 14.0. The number of amides is 1. The Hall–Kier alpha value is -1.39. The van der Waals surface area contributed by atoms with E-state index in [0.717, 1.165) is 17.8 Å². The number of piperazine rings is 1. The quantitative estimate of drug-likeness (QED) is 0.889. The average Bonchev–Trinajstić information content (AvgIpc) is 2.40. The molecule has 1 aliphatic rings. The summed E-state index contributed by atoms with van der Waals surface area (Å²) in [5.74, 6) is 0.184. The van der Waals surface area contributed by atoms with E-state index in [1.54, 1.807) is 0 Å². The molecule has 1 amide bonds. The number of para-hydroxylation sites is 1. The van der Waals surface area contributed by atoms with Gasteiger partial charge in [0.15, 0.2) is 0 Å². The van der Waals surface area contributed by atoms with E-state index in [-0.39, 0.29) is 11.9 Å². The lowest BCUT2D eigenvalue weighted by atomic mass is 10.0. The standard InChI is InChI=1S/C15H23N3O/c1-11-7-5-6-8-13(11)18-10-12(2)17(4)14(9-16-3)15(18)19/h5-8,12,14,16H,9-10H2,1-4H3. The number of nitrogens with zero attached hydrogens (tertiary/aromatic N) is 2. The molecule has 0 bridgehead atoms. The van der Waals surface area contributed by atoms with E-state index in [9.17, 15) is 4.79 Å². The summed E-state index contributed by atoms with van der Waals surface area (Å²) in [7, 11) is 3.91. The van der Waals surface area contributed by atoms with Crippen molar-refractivity contribution in [1.29, 1.82) is 0 Å². The number of aryl methyl sites for hydroxylation is 1. The molecule has 19 heavy (non-hydrogen) atoms. The van der Waals surface area contributed by atoms with Crippen LogP contribution < -0.4 is 10.2 Å². The molecule has 1 heterocycles. The Morgan fingerprint density at radius 1 is 1.37 bits per heavy atom. The normalized spacial score (nSPS) is 24.8. The third kappa shape index (κ3) is 2.65. The summed E-state index contributed by atoms with van der Waals surface area (Å²) in [4.78, 5) is 16.8. The van der Waals surface area contributed by atoms with Crippen LogP contribution in [0.3, 0.4) is 0 Å². The fourth-order valence-electron chi connectivity index (χ4n) is 2.65. The zero-order valence-electron chi connectivity index (χ0n) is 12.2. The number of likely N-dealkylation sites (N-methyl/N-ethyl adjacent to an activating group) is 2. The number of hydrogen-bond donors (Lipinski definition) is 1. The van der Waals surface area contributed by atoms with Crippen molar-refractivity contribution in [3.8, 4) is 0 Å². The van der Waals surface area contributed by atoms with E-state index in [2.05, 4.69) is 30.1 Å². The van der Waals surface area contributed by atoms with Crippen LogP contribution in [0.15, 0.2) is 24.3 Å². The van der Waals surface area contributed by atoms with Crippen molar-refractivity contribution < 1.29 is 4.79 Å². The Labute approximate surface area is 115 Å². The van der Waals surface area contributed by atoms with E-state index < -0.39 is 0 Å². The maximum Gasteiger partial charge on any atom is 0.245 e. The van der Waals surface area contributed by atoms with Crippen molar-refractivity contribution in [1.82, 2.24) is 10.2 Å². The Bertz CT molecular complexity index is 460. The number of rotatable bonds is 3. The number of carbonyl (C=O) groups excluding carboxylic acids is 1. The molecule has 4 heteroatoms. The average molecular weight is 261 g/mol. The smallest absolute Gasteiger partial charge is 0.245 e. The third-order valence-electron chi connectivity index (χ3n) is 3.99. The summed E-state index contributed by atoms with van der Waals surface area (Å²) >= 11 is 0. The highest BCUT2D eigenvalue weighted by Crippen LogP contribution is 2.25. The van der Waals surface area contributed by atoms with Crippen LogP contribution in [0.4, 0.5) is 5.69 Å². The number of carbonyl (C=O) groups is 1. The Morgan fingerprint density at radius 3 is 2.68 bits per heavy atom. The molecule has 0 spiro atoms. The molecule has 0 saturated carbocycles. The minimum absolute atomic E-state index is 0.0895. The van der Waals surface area contributed by atoms with Gasteiger partial charge in [0.05, 0.1) is 0 Å². The fourth-order valence-corrected chi connectivity index (χ4v) is 2.65. The Balaban J connectivity index is 2.31. The molecule has 104 valence electrons. The van der Waals surface area contributed by atoms with Crippen molar-refractivity contribution in [2.75, 3.05) is 32.1 Å². The van der Waals surface area contributed by atoms with E-state index in [0.29, 0.717) is 12.6 Å². The molecule has 0 aliphatic carbocycles. The third-order valence-corrected chi connectivity index (χ3v) is 3.99. The van der Waals surface area contributed by atoms with Crippen molar-refractivity contribution >= 4 is 11.6 Å². The summed E-state index contributed by atoms with van der Waals surface area (Å²) in [5, 5.41) is 3.12. The molecule has 1 saturated heterocycles. The molecule has 4 nitrogen and oxygen atoms in total. The number of benzene rings is 1. The van der Waals surface area contributed by atoms with Crippen LogP contribution in [0.2, 0.25) is 0 Å². The lowest BCUT2D eigenvalue weighted by Gasteiger charge is -2.43. The number of hydrogen-bond acceptors (Lipinski definition) is 3. The maximum absolute atomic E-state index is 12.7. The van der Waals surface area contributed by atoms with Crippen molar-refractivity contribution in [2.24, 2.45) is 0 Å². The molecule has 0 radical (unpaired) electrons. The van der Waals surface area contributed by atoms with Gasteiger partial charge >= 0.3 is 0 Å². The topological polar surface area (TPSA) is 35.6 Å². The molecule has 1 aromatic carbocycles. The molecular weight excluding hydrogens is 238 g/mol. The van der Waals surface area contributed by atoms with Crippen LogP contribution >= 0.6 is 0 Å². The fraction of sp³-hybridized carbons (Fsp3) is 0.533. The van der Waals surface area contributed by atoms with Crippen molar-refractivity contribution in [2.45, 2.75) is 25.9 Å². The van der Waals surface area contributed by atoms with Gasteiger partial charge in [0.2, 0.25) is 5.91 Å². The summed E-state index contributed by atoms with van der Waals surface area (Å²) in [6.45, 7) is 5.65. The van der Waals surface area contributed by atoms with Crippen LogP contribution in [0.5, 0.6) is 0 Å². The molecule has 2 atom stereocenters. The van der Waals surface area contributed by atoms with Gasteiger partial charge in [-0.15, -0.1) is 0 Å². The SMILES string of the molecule is CNCC1C(=O)N(c2ccccc2C)CC(C)N1C. The zero-order chi connectivity index (χ0) is 14.0. The van der Waals surface area contributed by atoms with Crippen molar-refractivity contribution in [3.63, 3.8) is 0 Å². The molecule has 0 aromatic heterocycles. The first-order valence-electron chi connectivity index (χ1n) is 6.79. The van der Waals surface area contributed by atoms with Gasteiger partial charge < -0.3 is 10.2 Å². The Kier molecular flexibility index (Phi) is 4.22. The van der Waals surface area contributed by atoms with Crippen LogP contribution in [-0.2, 0) is 4.79 Å². The number of nitrogens with one attached hydrogen (secondary N) is 1. The second-order valence-electron chi connectivity index (χ2n) is 5.32. The van der Waals surface area contributed by atoms with Crippen LogP contribution in [0.1, 0.15) is 12.5 Å². The summed E-state index contributed by atoms with van der Waals surface area (Å²) in [5.41, 5.74) is 2.18. The van der Waals surface area contributed by atoms with Gasteiger partial charge in [0.25, 0.3) is 0 Å². The van der Waals surface area contributed by atoms with E-state index in [1.807, 2.05) is 37.2 Å². The van der Waals surface area contributed by atoms with Crippen LogP contribution in [0, 0.1) is 6.92 Å². The highest BCUT2D eigenvalue weighted by atomic mass is 16.2. The monoisotopic (exact) mass is 261 g/mol. The van der Waals surface area contributed by atoms with Crippen LogP contribution in [-0.4, -0.2) is 50.1 Å². The van der Waals surface area contributed by atoms with Gasteiger partial charge in [-0.1, -0.05) is 18.2 Å². The summed E-state index contributed by atoms with van der Waals surface area (Å²) in [6, 6.07) is 8.35. The van der Waals surface area contributed by atoms with Gasteiger partial charge in [-0.2, -0.15) is 0 Å². The van der Waals surface area contributed by atoms with Gasteiger partial charge in [-0.25, -0.2) is 0 Å². The minimum atomic E-state index is -0.0895. The van der Waals surface area contributed by atoms with E-state index >= 15 is 0 Å². The minimum Gasteiger partial charge on any atom is -0.318 e. The van der Waals surface area contributed by atoms with Gasteiger partial charge in [0.1, 0.15) is 6.04 Å². The predicted molar refractivity (Wildman–Crippen MR) is 78.5 cm³/mol. The van der Waals surface area contributed by atoms with Gasteiger partial charge in [-0.3, -0.25) is 9.69 Å². The second-order valence-corrected chi connectivity index (χ2v) is 5.32. The molecule has 1 aliphatic heterocycles. The molecule has 1 aromatic rings. The maximum atomic E-state index is 12.7. The molecule has 2 rings (SSSR count). The highest BCUT2D eigenvalue weighted by Gasteiger charge is 2.37. The second kappa shape index (κ2) is 5.72. The molecular formula is C15H23N3O.